The van der Waals surface area contributed by atoms with Gasteiger partial charge in [0, 0.05) is 25.4 Å². The fourth-order valence-electron chi connectivity index (χ4n) is 2.21. The Bertz CT molecular complexity index is 425. The van der Waals surface area contributed by atoms with E-state index in [9.17, 15) is 4.79 Å². The first-order valence-electron chi connectivity index (χ1n) is 6.32. The molecule has 0 spiro atoms. The zero-order chi connectivity index (χ0) is 13.0. The summed E-state index contributed by atoms with van der Waals surface area (Å²) in [5, 5.41) is 12.3. The molecule has 1 aliphatic rings. The summed E-state index contributed by atoms with van der Waals surface area (Å²) >= 11 is 0. The van der Waals surface area contributed by atoms with Gasteiger partial charge in [-0.05, 0) is 43.4 Å². The van der Waals surface area contributed by atoms with E-state index in [0.717, 1.165) is 38.2 Å². The number of aryl methyl sites for hydroxylation is 1. The predicted octanol–water partition coefficient (Wildman–Crippen LogP) is 2.53. The number of nitrogens with one attached hydrogen (secondary N) is 1. The number of hydrogen-bond donors (Lipinski definition) is 2. The van der Waals surface area contributed by atoms with E-state index in [4.69, 9.17) is 9.84 Å². The highest BCUT2D eigenvalue weighted by Crippen LogP contribution is 2.20. The van der Waals surface area contributed by atoms with Gasteiger partial charge in [0.25, 0.3) is 0 Å². The van der Waals surface area contributed by atoms with Crippen molar-refractivity contribution in [2.24, 2.45) is 5.92 Å². The Kier molecular flexibility index (Phi) is 4.20. The molecule has 0 saturated carbocycles. The first-order valence-corrected chi connectivity index (χ1v) is 6.32. The number of aromatic carboxylic acids is 1. The Morgan fingerprint density at radius 2 is 2.39 bits per heavy atom. The van der Waals surface area contributed by atoms with Crippen molar-refractivity contribution in [2.75, 3.05) is 25.1 Å². The Morgan fingerprint density at radius 3 is 3.06 bits per heavy atom. The minimum absolute atomic E-state index is 0.336. The van der Waals surface area contributed by atoms with Gasteiger partial charge in [-0.1, -0.05) is 6.07 Å². The first kappa shape index (κ1) is 12.9. The van der Waals surface area contributed by atoms with Gasteiger partial charge in [-0.2, -0.15) is 0 Å². The maximum absolute atomic E-state index is 11.1. The molecule has 0 radical (unpaired) electrons. The summed E-state index contributed by atoms with van der Waals surface area (Å²) in [7, 11) is 0. The lowest BCUT2D eigenvalue weighted by atomic mass is 10.0. The molecule has 98 valence electrons. The summed E-state index contributed by atoms with van der Waals surface area (Å²) < 4.78 is 5.32. The van der Waals surface area contributed by atoms with Gasteiger partial charge in [-0.15, -0.1) is 0 Å². The lowest BCUT2D eigenvalue weighted by Gasteiger charge is -2.12. The van der Waals surface area contributed by atoms with Gasteiger partial charge in [-0.3, -0.25) is 0 Å². The van der Waals surface area contributed by atoms with Crippen molar-refractivity contribution in [1.29, 1.82) is 0 Å². The normalized spacial score (nSPS) is 18.8. The van der Waals surface area contributed by atoms with Crippen LogP contribution in [0.5, 0.6) is 0 Å². The summed E-state index contributed by atoms with van der Waals surface area (Å²) in [5.74, 6) is -0.280. The molecule has 1 aliphatic heterocycles. The highest BCUT2D eigenvalue weighted by atomic mass is 16.5. The van der Waals surface area contributed by atoms with Crippen molar-refractivity contribution in [3.63, 3.8) is 0 Å². The van der Waals surface area contributed by atoms with E-state index < -0.39 is 5.97 Å². The molecule has 1 unspecified atom stereocenters. The molecule has 18 heavy (non-hydrogen) atoms. The molecule has 1 aromatic carbocycles. The third-order valence-electron chi connectivity index (χ3n) is 3.30. The van der Waals surface area contributed by atoms with Gasteiger partial charge < -0.3 is 15.2 Å². The maximum Gasteiger partial charge on any atom is 0.337 e. The second kappa shape index (κ2) is 5.87. The third kappa shape index (κ3) is 3.23. The van der Waals surface area contributed by atoms with Gasteiger partial charge in [0.1, 0.15) is 0 Å². The molecule has 4 nitrogen and oxygen atoms in total. The van der Waals surface area contributed by atoms with Crippen LogP contribution in [0.1, 0.15) is 28.8 Å². The quantitative estimate of drug-likeness (QED) is 0.842. The minimum Gasteiger partial charge on any atom is -0.478 e. The smallest absolute Gasteiger partial charge is 0.337 e. The Labute approximate surface area is 107 Å². The van der Waals surface area contributed by atoms with E-state index in [1.54, 1.807) is 6.07 Å². The van der Waals surface area contributed by atoms with Crippen LogP contribution in [0.25, 0.3) is 0 Å². The van der Waals surface area contributed by atoms with E-state index in [-0.39, 0.29) is 0 Å². The van der Waals surface area contributed by atoms with Crippen LogP contribution in [0.4, 0.5) is 5.69 Å². The van der Waals surface area contributed by atoms with Crippen molar-refractivity contribution in [3.05, 3.63) is 29.3 Å². The molecule has 1 atom stereocenters. The number of ether oxygens (including phenoxy) is 1. The van der Waals surface area contributed by atoms with Crippen LogP contribution >= 0.6 is 0 Å². The van der Waals surface area contributed by atoms with Crippen LogP contribution in [0.15, 0.2) is 18.2 Å². The average molecular weight is 249 g/mol. The SMILES string of the molecule is Cc1ccc(C(=O)O)c(NCCC2CCOC2)c1. The molecule has 4 heteroatoms. The zero-order valence-corrected chi connectivity index (χ0v) is 10.6. The molecule has 0 amide bonds. The predicted molar refractivity (Wildman–Crippen MR) is 70.2 cm³/mol. The highest BCUT2D eigenvalue weighted by molar-refractivity contribution is 5.94. The van der Waals surface area contributed by atoms with Gasteiger partial charge >= 0.3 is 5.97 Å². The van der Waals surface area contributed by atoms with Crippen LogP contribution in [-0.4, -0.2) is 30.8 Å². The van der Waals surface area contributed by atoms with E-state index >= 15 is 0 Å². The van der Waals surface area contributed by atoms with Crippen molar-refractivity contribution in [3.8, 4) is 0 Å². The molecule has 0 aromatic heterocycles. The zero-order valence-electron chi connectivity index (χ0n) is 10.6. The van der Waals surface area contributed by atoms with Gasteiger partial charge in [0.15, 0.2) is 0 Å². The number of hydrogen-bond acceptors (Lipinski definition) is 3. The number of carboxylic acid groups (broad SMARTS) is 1. The van der Waals surface area contributed by atoms with Crippen molar-refractivity contribution >= 4 is 11.7 Å². The molecule has 0 bridgehead atoms. The van der Waals surface area contributed by atoms with Crippen LogP contribution in [0.3, 0.4) is 0 Å². The molecular formula is C14H19NO3. The molecule has 2 rings (SSSR count). The minimum atomic E-state index is -0.887. The number of rotatable bonds is 5. The summed E-state index contributed by atoms with van der Waals surface area (Å²) in [6.45, 7) is 4.44. The summed E-state index contributed by atoms with van der Waals surface area (Å²) in [5.41, 5.74) is 2.11. The number of carbonyl (C=O) groups is 1. The van der Waals surface area contributed by atoms with Crippen LogP contribution in [0.2, 0.25) is 0 Å². The second-order valence-corrected chi connectivity index (χ2v) is 4.80. The topological polar surface area (TPSA) is 58.6 Å². The van der Waals surface area contributed by atoms with Gasteiger partial charge in [0.05, 0.1) is 5.56 Å². The first-order chi connectivity index (χ1) is 8.66. The lowest BCUT2D eigenvalue weighted by Crippen LogP contribution is -2.11. The average Bonchev–Trinajstić information content (AvgIpc) is 2.82. The van der Waals surface area contributed by atoms with Crippen molar-refractivity contribution in [2.45, 2.75) is 19.8 Å². The maximum atomic E-state index is 11.1. The molecule has 1 heterocycles. The Hall–Kier alpha value is -1.55. The molecular weight excluding hydrogens is 230 g/mol. The lowest BCUT2D eigenvalue weighted by molar-refractivity contribution is 0.0698. The third-order valence-corrected chi connectivity index (χ3v) is 3.30. The summed E-state index contributed by atoms with van der Waals surface area (Å²) in [6.07, 6.45) is 2.13. The molecule has 2 N–H and O–H groups in total. The fraction of sp³-hybridized carbons (Fsp3) is 0.500. The van der Waals surface area contributed by atoms with Crippen LogP contribution < -0.4 is 5.32 Å². The van der Waals surface area contributed by atoms with E-state index in [1.165, 1.54) is 0 Å². The Morgan fingerprint density at radius 1 is 1.56 bits per heavy atom. The van der Waals surface area contributed by atoms with Gasteiger partial charge in [0.2, 0.25) is 0 Å². The Balaban J connectivity index is 1.94. The standard InChI is InChI=1S/C14H19NO3/c1-10-2-3-12(14(16)17)13(8-10)15-6-4-11-5-7-18-9-11/h2-3,8,11,15H,4-7,9H2,1H3,(H,16,17). The number of benzene rings is 1. The van der Waals surface area contributed by atoms with Crippen LogP contribution in [-0.2, 0) is 4.74 Å². The van der Waals surface area contributed by atoms with Crippen LogP contribution in [0, 0.1) is 12.8 Å². The second-order valence-electron chi connectivity index (χ2n) is 4.80. The fourth-order valence-corrected chi connectivity index (χ4v) is 2.21. The molecule has 0 aliphatic carbocycles. The van der Waals surface area contributed by atoms with E-state index in [1.807, 2.05) is 19.1 Å². The summed E-state index contributed by atoms with van der Waals surface area (Å²) in [4.78, 5) is 11.1. The van der Waals surface area contributed by atoms with E-state index in [2.05, 4.69) is 5.32 Å². The molecule has 1 saturated heterocycles. The van der Waals surface area contributed by atoms with Crippen molar-refractivity contribution < 1.29 is 14.6 Å². The summed E-state index contributed by atoms with van der Waals surface area (Å²) in [6, 6.07) is 5.35. The molecule has 1 aromatic rings. The molecule has 1 fully saturated rings. The van der Waals surface area contributed by atoms with E-state index in [0.29, 0.717) is 17.2 Å². The highest BCUT2D eigenvalue weighted by Gasteiger charge is 2.15. The monoisotopic (exact) mass is 249 g/mol. The number of anilines is 1. The number of carboxylic acids is 1. The van der Waals surface area contributed by atoms with Gasteiger partial charge in [-0.25, -0.2) is 4.79 Å². The largest absolute Gasteiger partial charge is 0.478 e. The van der Waals surface area contributed by atoms with Crippen molar-refractivity contribution in [1.82, 2.24) is 0 Å².